The van der Waals surface area contributed by atoms with E-state index in [1.807, 2.05) is 37.3 Å². The lowest BCUT2D eigenvalue weighted by atomic mass is 9.94. The normalized spacial score (nSPS) is 14.3. The van der Waals surface area contributed by atoms with E-state index in [1.165, 1.54) is 12.1 Å². The van der Waals surface area contributed by atoms with Gasteiger partial charge in [0, 0.05) is 0 Å². The van der Waals surface area contributed by atoms with Crippen LogP contribution >= 0.6 is 0 Å². The molecular formula is C22H28O5S. The number of hydrogen-bond donors (Lipinski definition) is 0. The van der Waals surface area contributed by atoms with Crippen molar-refractivity contribution in [2.24, 2.45) is 5.92 Å². The zero-order chi connectivity index (χ0) is 20.9. The van der Waals surface area contributed by atoms with E-state index in [2.05, 4.69) is 0 Å². The zero-order valence-corrected chi connectivity index (χ0v) is 17.8. The van der Waals surface area contributed by atoms with Crippen LogP contribution in [0.1, 0.15) is 38.8 Å². The number of hydrogen-bond acceptors (Lipinski definition) is 5. The van der Waals surface area contributed by atoms with Gasteiger partial charge in [0.1, 0.15) is 5.60 Å². The third kappa shape index (κ3) is 6.46. The highest BCUT2D eigenvalue weighted by atomic mass is 32.2. The molecule has 0 fully saturated rings. The number of ether oxygens (including phenoxy) is 1. The molecule has 152 valence electrons. The summed E-state index contributed by atoms with van der Waals surface area (Å²) in [6.07, 6.45) is -0.568. The maximum atomic E-state index is 12.8. The van der Waals surface area contributed by atoms with Gasteiger partial charge in [0.15, 0.2) is 0 Å². The van der Waals surface area contributed by atoms with E-state index >= 15 is 0 Å². The van der Waals surface area contributed by atoms with Crippen LogP contribution in [0.15, 0.2) is 59.5 Å². The van der Waals surface area contributed by atoms with E-state index < -0.39 is 33.7 Å². The van der Waals surface area contributed by atoms with Crippen LogP contribution in [-0.4, -0.2) is 26.1 Å². The monoisotopic (exact) mass is 404 g/mol. The Morgan fingerprint density at radius 3 is 2.11 bits per heavy atom. The molecule has 0 bridgehead atoms. The van der Waals surface area contributed by atoms with E-state index in [-0.39, 0.29) is 4.90 Å². The van der Waals surface area contributed by atoms with Crippen LogP contribution in [0.3, 0.4) is 0 Å². The Labute approximate surface area is 167 Å². The lowest BCUT2D eigenvalue weighted by Gasteiger charge is -2.27. The Bertz CT molecular complexity index is 881. The van der Waals surface area contributed by atoms with Crippen LogP contribution in [-0.2, 0) is 30.3 Å². The lowest BCUT2D eigenvalue weighted by Crippen LogP contribution is -2.37. The standard InChI is InChI=1S/C22H28O5S/c1-16-11-13-19(14-12-16)28(24,25)27-17(2)20(21(23)26-22(3,4)5)15-18-9-7-6-8-10-18/h6-14,17,20H,15H2,1-5H3. The highest BCUT2D eigenvalue weighted by Crippen LogP contribution is 2.24. The van der Waals surface area contributed by atoms with Gasteiger partial charge in [-0.05, 0) is 58.7 Å². The average molecular weight is 405 g/mol. The third-order valence-corrected chi connectivity index (χ3v) is 5.57. The smallest absolute Gasteiger partial charge is 0.312 e. The molecule has 0 amide bonds. The Balaban J connectivity index is 2.25. The number of rotatable bonds is 7. The second-order valence-electron chi connectivity index (χ2n) is 7.90. The van der Waals surface area contributed by atoms with E-state index in [0.717, 1.165) is 11.1 Å². The third-order valence-electron chi connectivity index (χ3n) is 4.16. The molecule has 0 spiro atoms. The van der Waals surface area contributed by atoms with Gasteiger partial charge in [-0.15, -0.1) is 0 Å². The molecule has 5 nitrogen and oxygen atoms in total. The number of esters is 1. The van der Waals surface area contributed by atoms with Crippen molar-refractivity contribution in [2.75, 3.05) is 0 Å². The molecule has 6 heteroatoms. The first-order chi connectivity index (χ1) is 13.0. The minimum Gasteiger partial charge on any atom is -0.460 e. The summed E-state index contributed by atoms with van der Waals surface area (Å²) in [7, 11) is -4.00. The summed E-state index contributed by atoms with van der Waals surface area (Å²) in [5, 5.41) is 0. The van der Waals surface area contributed by atoms with Gasteiger partial charge in [0.2, 0.25) is 0 Å². The Kier molecular flexibility index (Phi) is 7.01. The second kappa shape index (κ2) is 8.88. The molecule has 2 atom stereocenters. The van der Waals surface area contributed by atoms with Gasteiger partial charge in [-0.25, -0.2) is 0 Å². The molecule has 2 rings (SSSR count). The summed E-state index contributed by atoms with van der Waals surface area (Å²) in [5.74, 6) is -1.25. The topological polar surface area (TPSA) is 69.7 Å². The maximum absolute atomic E-state index is 12.8. The fraction of sp³-hybridized carbons (Fsp3) is 0.409. The fourth-order valence-electron chi connectivity index (χ4n) is 2.71. The molecule has 0 saturated heterocycles. The largest absolute Gasteiger partial charge is 0.460 e. The van der Waals surface area contributed by atoms with Gasteiger partial charge in [0.05, 0.1) is 16.9 Å². The average Bonchev–Trinajstić information content (AvgIpc) is 2.59. The molecular weight excluding hydrogens is 376 g/mol. The van der Waals surface area contributed by atoms with Crippen molar-refractivity contribution >= 4 is 16.1 Å². The molecule has 0 aliphatic heterocycles. The predicted molar refractivity (Wildman–Crippen MR) is 108 cm³/mol. The number of aryl methyl sites for hydroxylation is 1. The predicted octanol–water partition coefficient (Wildman–Crippen LogP) is 4.29. The van der Waals surface area contributed by atoms with Gasteiger partial charge in [-0.3, -0.25) is 8.98 Å². The van der Waals surface area contributed by atoms with Crippen molar-refractivity contribution in [3.05, 3.63) is 65.7 Å². The van der Waals surface area contributed by atoms with Crippen molar-refractivity contribution in [3.63, 3.8) is 0 Å². The van der Waals surface area contributed by atoms with E-state index in [9.17, 15) is 13.2 Å². The Morgan fingerprint density at radius 2 is 1.57 bits per heavy atom. The van der Waals surface area contributed by atoms with Crippen LogP contribution in [0.25, 0.3) is 0 Å². The molecule has 0 aliphatic carbocycles. The molecule has 2 aromatic rings. The second-order valence-corrected chi connectivity index (χ2v) is 9.47. The number of benzene rings is 2. The Hall–Kier alpha value is -2.18. The molecule has 0 radical (unpaired) electrons. The first kappa shape index (κ1) is 22.1. The minimum absolute atomic E-state index is 0.0626. The van der Waals surface area contributed by atoms with Crippen LogP contribution in [0, 0.1) is 12.8 Å². The van der Waals surface area contributed by atoms with Crippen LogP contribution in [0.2, 0.25) is 0 Å². The Morgan fingerprint density at radius 1 is 1.00 bits per heavy atom. The molecule has 0 aromatic heterocycles. The van der Waals surface area contributed by atoms with Crippen LogP contribution < -0.4 is 0 Å². The summed E-state index contributed by atoms with van der Waals surface area (Å²) >= 11 is 0. The van der Waals surface area contributed by atoms with E-state index in [4.69, 9.17) is 8.92 Å². The van der Waals surface area contributed by atoms with Gasteiger partial charge in [-0.1, -0.05) is 48.0 Å². The summed E-state index contributed by atoms with van der Waals surface area (Å²) in [6.45, 7) is 8.79. The SMILES string of the molecule is Cc1ccc(S(=O)(=O)OC(C)C(Cc2ccccc2)C(=O)OC(C)(C)C)cc1. The summed E-state index contributed by atoms with van der Waals surface area (Å²) in [5.41, 5.74) is 1.17. The first-order valence-electron chi connectivity index (χ1n) is 9.25. The van der Waals surface area contributed by atoms with E-state index in [1.54, 1.807) is 39.8 Å². The van der Waals surface area contributed by atoms with Crippen molar-refractivity contribution in [1.29, 1.82) is 0 Å². The van der Waals surface area contributed by atoms with Gasteiger partial charge in [0.25, 0.3) is 10.1 Å². The van der Waals surface area contributed by atoms with Crippen molar-refractivity contribution in [3.8, 4) is 0 Å². The van der Waals surface area contributed by atoms with Gasteiger partial charge in [-0.2, -0.15) is 8.42 Å². The number of carbonyl (C=O) groups excluding carboxylic acids is 1. The quantitative estimate of drug-likeness (QED) is 0.509. The van der Waals surface area contributed by atoms with Crippen molar-refractivity contribution in [1.82, 2.24) is 0 Å². The van der Waals surface area contributed by atoms with Crippen molar-refractivity contribution < 1.29 is 22.1 Å². The van der Waals surface area contributed by atoms with Crippen LogP contribution in [0.5, 0.6) is 0 Å². The highest BCUT2D eigenvalue weighted by Gasteiger charge is 2.34. The summed E-state index contributed by atoms with van der Waals surface area (Å²) in [4.78, 5) is 12.8. The fourth-order valence-corrected chi connectivity index (χ4v) is 3.83. The summed E-state index contributed by atoms with van der Waals surface area (Å²) in [6, 6.07) is 15.8. The van der Waals surface area contributed by atoms with Gasteiger partial charge < -0.3 is 4.74 Å². The maximum Gasteiger partial charge on any atom is 0.312 e. The molecule has 0 heterocycles. The molecule has 28 heavy (non-hydrogen) atoms. The zero-order valence-electron chi connectivity index (χ0n) is 17.0. The first-order valence-corrected chi connectivity index (χ1v) is 10.7. The molecule has 2 aromatic carbocycles. The minimum atomic E-state index is -4.00. The van der Waals surface area contributed by atoms with Crippen molar-refractivity contribution in [2.45, 2.75) is 57.6 Å². The lowest BCUT2D eigenvalue weighted by molar-refractivity contribution is -0.162. The molecule has 0 aliphatic rings. The highest BCUT2D eigenvalue weighted by molar-refractivity contribution is 7.86. The van der Waals surface area contributed by atoms with E-state index in [0.29, 0.717) is 6.42 Å². The summed E-state index contributed by atoms with van der Waals surface area (Å²) < 4.78 is 36.2. The van der Waals surface area contributed by atoms with Crippen LogP contribution in [0.4, 0.5) is 0 Å². The number of carbonyl (C=O) groups is 1. The molecule has 2 unspecified atom stereocenters. The molecule has 0 saturated carbocycles. The van der Waals surface area contributed by atoms with Gasteiger partial charge >= 0.3 is 5.97 Å². The molecule has 0 N–H and O–H groups in total.